The highest BCUT2D eigenvalue weighted by atomic mass is 35.5. The van der Waals surface area contributed by atoms with Crippen LogP contribution in [0.1, 0.15) is 37.5 Å². The Morgan fingerprint density at radius 3 is 2.53 bits per heavy atom. The van der Waals surface area contributed by atoms with Gasteiger partial charge in [-0.25, -0.2) is 0 Å². The maximum absolute atomic E-state index is 10.2. The standard InChI is InChI=1S/C13H17ClO3/c1-13(2)6-8(15)10-11(13)7(14)5-9(16-3)12(10)17-4/h5,8,15H,6H2,1-4H3/t8-/m0/s1. The van der Waals surface area contributed by atoms with Gasteiger partial charge in [0, 0.05) is 16.7 Å². The van der Waals surface area contributed by atoms with Gasteiger partial charge in [-0.05, 0) is 17.4 Å². The van der Waals surface area contributed by atoms with E-state index in [9.17, 15) is 5.11 Å². The summed E-state index contributed by atoms with van der Waals surface area (Å²) in [4.78, 5) is 0. The van der Waals surface area contributed by atoms with Gasteiger partial charge in [-0.2, -0.15) is 0 Å². The molecule has 3 nitrogen and oxygen atoms in total. The number of fused-ring (bicyclic) bond motifs is 1. The molecule has 17 heavy (non-hydrogen) atoms. The number of halogens is 1. The highest BCUT2D eigenvalue weighted by Gasteiger charge is 2.41. The van der Waals surface area contributed by atoms with E-state index in [2.05, 4.69) is 13.8 Å². The van der Waals surface area contributed by atoms with E-state index in [4.69, 9.17) is 21.1 Å². The van der Waals surface area contributed by atoms with Crippen molar-refractivity contribution < 1.29 is 14.6 Å². The van der Waals surface area contributed by atoms with Crippen molar-refractivity contribution in [2.24, 2.45) is 0 Å². The molecule has 2 rings (SSSR count). The predicted octanol–water partition coefficient (Wildman–Crippen LogP) is 3.07. The van der Waals surface area contributed by atoms with E-state index in [1.807, 2.05) is 0 Å². The van der Waals surface area contributed by atoms with Crippen molar-refractivity contribution >= 4 is 11.6 Å². The molecule has 4 heteroatoms. The van der Waals surface area contributed by atoms with E-state index in [1.54, 1.807) is 20.3 Å². The van der Waals surface area contributed by atoms with Crippen LogP contribution >= 0.6 is 11.6 Å². The molecule has 0 amide bonds. The molecule has 0 aromatic heterocycles. The number of hydrogen-bond acceptors (Lipinski definition) is 3. The lowest BCUT2D eigenvalue weighted by molar-refractivity contribution is 0.158. The van der Waals surface area contributed by atoms with Gasteiger partial charge in [0.1, 0.15) is 0 Å². The second kappa shape index (κ2) is 4.07. The van der Waals surface area contributed by atoms with E-state index >= 15 is 0 Å². The van der Waals surface area contributed by atoms with Crippen LogP contribution in [-0.4, -0.2) is 19.3 Å². The van der Waals surface area contributed by atoms with Gasteiger partial charge in [0.05, 0.1) is 20.3 Å². The van der Waals surface area contributed by atoms with Gasteiger partial charge < -0.3 is 14.6 Å². The summed E-state index contributed by atoms with van der Waals surface area (Å²) >= 11 is 6.29. The molecule has 0 bridgehead atoms. The second-order valence-corrected chi connectivity index (χ2v) is 5.39. The number of hydrogen-bond donors (Lipinski definition) is 1. The third-order valence-corrected chi connectivity index (χ3v) is 3.67. The monoisotopic (exact) mass is 256 g/mol. The number of aliphatic hydroxyl groups is 1. The normalized spacial score (nSPS) is 21.2. The van der Waals surface area contributed by atoms with Crippen LogP contribution in [0.3, 0.4) is 0 Å². The third-order valence-electron chi connectivity index (χ3n) is 3.37. The SMILES string of the molecule is COc1cc(Cl)c2c(c1OC)[C@@H](O)CC2(C)C. The zero-order valence-corrected chi connectivity index (χ0v) is 11.3. The molecular weight excluding hydrogens is 240 g/mol. The van der Waals surface area contributed by atoms with Crippen molar-refractivity contribution in [1.82, 2.24) is 0 Å². The molecule has 1 N–H and O–H groups in total. The van der Waals surface area contributed by atoms with E-state index < -0.39 is 6.10 Å². The van der Waals surface area contributed by atoms with Gasteiger partial charge >= 0.3 is 0 Å². The molecule has 0 unspecified atom stereocenters. The average molecular weight is 257 g/mol. The Morgan fingerprint density at radius 2 is 2.00 bits per heavy atom. The molecule has 1 aromatic carbocycles. The number of methoxy groups -OCH3 is 2. The summed E-state index contributed by atoms with van der Waals surface area (Å²) in [6.07, 6.45) is 0.0912. The summed E-state index contributed by atoms with van der Waals surface area (Å²) in [5.74, 6) is 1.15. The van der Waals surface area contributed by atoms with Crippen LogP contribution in [0.25, 0.3) is 0 Å². The fourth-order valence-electron chi connectivity index (χ4n) is 2.68. The molecule has 94 valence electrons. The Labute approximate surface area is 106 Å². The Morgan fingerprint density at radius 1 is 1.35 bits per heavy atom. The molecule has 1 aliphatic rings. The van der Waals surface area contributed by atoms with Crippen LogP contribution in [0, 0.1) is 0 Å². The van der Waals surface area contributed by atoms with Gasteiger partial charge in [-0.1, -0.05) is 25.4 Å². The first-order valence-corrected chi connectivity index (χ1v) is 5.93. The van der Waals surface area contributed by atoms with Crippen LogP contribution in [-0.2, 0) is 5.41 Å². The summed E-state index contributed by atoms with van der Waals surface area (Å²) < 4.78 is 10.6. The minimum Gasteiger partial charge on any atom is -0.493 e. The summed E-state index contributed by atoms with van der Waals surface area (Å²) in [6, 6.07) is 1.75. The van der Waals surface area contributed by atoms with Crippen LogP contribution in [0.4, 0.5) is 0 Å². The maximum atomic E-state index is 10.2. The zero-order chi connectivity index (χ0) is 12.8. The zero-order valence-electron chi connectivity index (χ0n) is 10.5. The van der Waals surface area contributed by atoms with Crippen molar-refractivity contribution in [2.75, 3.05) is 14.2 Å². The van der Waals surface area contributed by atoms with Crippen molar-refractivity contribution in [3.05, 3.63) is 22.2 Å². The lowest BCUT2D eigenvalue weighted by atomic mass is 9.86. The fourth-order valence-corrected chi connectivity index (χ4v) is 3.14. The molecule has 0 radical (unpaired) electrons. The van der Waals surface area contributed by atoms with Crippen LogP contribution in [0.2, 0.25) is 5.02 Å². The average Bonchev–Trinajstić information content (AvgIpc) is 2.49. The Hall–Kier alpha value is -0.930. The lowest BCUT2D eigenvalue weighted by Gasteiger charge is -2.21. The molecule has 0 heterocycles. The topological polar surface area (TPSA) is 38.7 Å². The Kier molecular flexibility index (Phi) is 3.00. The molecule has 0 fully saturated rings. The van der Waals surface area contributed by atoms with Crippen molar-refractivity contribution in [2.45, 2.75) is 31.8 Å². The highest BCUT2D eigenvalue weighted by molar-refractivity contribution is 6.32. The van der Waals surface area contributed by atoms with Gasteiger partial charge in [0.2, 0.25) is 0 Å². The molecule has 0 saturated carbocycles. The first-order valence-electron chi connectivity index (χ1n) is 5.55. The van der Waals surface area contributed by atoms with Gasteiger partial charge in [0.15, 0.2) is 11.5 Å². The molecular formula is C13H17ClO3. The minimum atomic E-state index is -0.553. The van der Waals surface area contributed by atoms with E-state index in [1.165, 1.54) is 0 Å². The number of aliphatic hydroxyl groups excluding tert-OH is 1. The van der Waals surface area contributed by atoms with Crippen molar-refractivity contribution in [3.63, 3.8) is 0 Å². The molecule has 1 atom stereocenters. The van der Waals surface area contributed by atoms with Gasteiger partial charge in [-0.3, -0.25) is 0 Å². The first-order chi connectivity index (χ1) is 7.92. The largest absolute Gasteiger partial charge is 0.493 e. The van der Waals surface area contributed by atoms with Crippen LogP contribution in [0.5, 0.6) is 11.5 Å². The van der Waals surface area contributed by atoms with Gasteiger partial charge in [-0.15, -0.1) is 0 Å². The third kappa shape index (κ3) is 1.78. The number of ether oxygens (including phenoxy) is 2. The van der Waals surface area contributed by atoms with Crippen molar-refractivity contribution in [3.8, 4) is 11.5 Å². The maximum Gasteiger partial charge on any atom is 0.166 e. The summed E-state index contributed by atoms with van der Waals surface area (Å²) in [5, 5.41) is 10.8. The molecule has 1 aliphatic carbocycles. The lowest BCUT2D eigenvalue weighted by Crippen LogP contribution is -2.13. The quantitative estimate of drug-likeness (QED) is 0.884. The van der Waals surface area contributed by atoms with Gasteiger partial charge in [0.25, 0.3) is 0 Å². The number of benzene rings is 1. The minimum absolute atomic E-state index is 0.147. The summed E-state index contributed by atoms with van der Waals surface area (Å²) in [5.41, 5.74) is 1.58. The molecule has 0 saturated heterocycles. The predicted molar refractivity (Wildman–Crippen MR) is 67.2 cm³/mol. The fraction of sp³-hybridized carbons (Fsp3) is 0.538. The summed E-state index contributed by atoms with van der Waals surface area (Å²) in [6.45, 7) is 4.14. The molecule has 1 aromatic rings. The molecule has 0 aliphatic heterocycles. The highest BCUT2D eigenvalue weighted by Crippen LogP contribution is 2.54. The van der Waals surface area contributed by atoms with E-state index in [-0.39, 0.29) is 5.41 Å². The summed E-state index contributed by atoms with van der Waals surface area (Å²) in [7, 11) is 3.14. The molecule has 0 spiro atoms. The smallest absolute Gasteiger partial charge is 0.166 e. The second-order valence-electron chi connectivity index (χ2n) is 4.99. The van der Waals surface area contributed by atoms with Crippen LogP contribution in [0.15, 0.2) is 6.07 Å². The van der Waals surface area contributed by atoms with E-state index in [0.717, 1.165) is 11.1 Å². The van der Waals surface area contributed by atoms with E-state index in [0.29, 0.717) is 22.9 Å². The Balaban J connectivity index is 2.76. The van der Waals surface area contributed by atoms with Crippen LogP contribution < -0.4 is 9.47 Å². The number of rotatable bonds is 2. The Bertz CT molecular complexity index is 454. The first kappa shape index (κ1) is 12.5. The van der Waals surface area contributed by atoms with Crippen molar-refractivity contribution in [1.29, 1.82) is 0 Å².